The molecule has 7 nitrogen and oxygen atoms in total. The van der Waals surface area contributed by atoms with Crippen LogP contribution in [0.25, 0.3) is 10.9 Å². The minimum Gasteiger partial charge on any atom is -0.481 e. The molecule has 1 amide bonds. The number of para-hydroxylation sites is 2. The highest BCUT2D eigenvalue weighted by Crippen LogP contribution is 2.22. The lowest BCUT2D eigenvalue weighted by molar-refractivity contribution is -0.139. The average molecular weight is 393 g/mol. The number of rotatable bonds is 4. The lowest BCUT2D eigenvalue weighted by Crippen LogP contribution is -2.48. The summed E-state index contributed by atoms with van der Waals surface area (Å²) in [7, 11) is 0. The Hall–Kier alpha value is -3.35. The van der Waals surface area contributed by atoms with Crippen LogP contribution in [0, 0.1) is 0 Å². The second-order valence-corrected chi connectivity index (χ2v) is 7.28. The van der Waals surface area contributed by atoms with Crippen molar-refractivity contribution in [2.75, 3.05) is 13.1 Å². The van der Waals surface area contributed by atoms with Crippen LogP contribution < -0.4 is 16.0 Å². The maximum Gasteiger partial charge on any atom is 0.329 e. The van der Waals surface area contributed by atoms with Crippen molar-refractivity contribution in [1.29, 1.82) is 0 Å². The first kappa shape index (κ1) is 19.0. The summed E-state index contributed by atoms with van der Waals surface area (Å²) >= 11 is 0. The van der Waals surface area contributed by atoms with E-state index in [9.17, 15) is 14.4 Å². The molecule has 1 N–H and O–H groups in total. The Balaban J connectivity index is 1.46. The van der Waals surface area contributed by atoms with Gasteiger partial charge in [0.05, 0.1) is 10.9 Å². The number of aromatic nitrogens is 2. The number of H-pyrrole nitrogens is 1. The first-order valence-corrected chi connectivity index (χ1v) is 9.78. The zero-order chi connectivity index (χ0) is 20.4. The number of hydrogen-bond donors (Lipinski definition) is 1. The van der Waals surface area contributed by atoms with E-state index in [1.165, 1.54) is 4.57 Å². The molecule has 0 unspecified atom stereocenters. The molecule has 150 valence electrons. The molecule has 1 aliphatic rings. The van der Waals surface area contributed by atoms with Gasteiger partial charge in [0.1, 0.15) is 5.75 Å². The van der Waals surface area contributed by atoms with Gasteiger partial charge in [-0.3, -0.25) is 14.2 Å². The summed E-state index contributed by atoms with van der Waals surface area (Å²) < 4.78 is 7.03. The van der Waals surface area contributed by atoms with Crippen LogP contribution in [-0.2, 0) is 4.79 Å². The third-order valence-electron chi connectivity index (χ3n) is 5.38. The number of nitrogens with zero attached hydrogens (tertiary/aromatic N) is 2. The Morgan fingerprint density at radius 3 is 2.41 bits per heavy atom. The van der Waals surface area contributed by atoms with Gasteiger partial charge in [-0.05, 0) is 44.0 Å². The molecular formula is C22H23N3O4. The third-order valence-corrected chi connectivity index (χ3v) is 5.38. The second kappa shape index (κ2) is 7.95. The van der Waals surface area contributed by atoms with Crippen molar-refractivity contribution in [1.82, 2.24) is 14.5 Å². The number of aromatic amines is 1. The first-order chi connectivity index (χ1) is 14.0. The molecule has 1 aliphatic heterocycles. The fourth-order valence-corrected chi connectivity index (χ4v) is 3.86. The Bertz CT molecular complexity index is 1130. The molecule has 1 saturated heterocycles. The topological polar surface area (TPSA) is 84.4 Å². The molecule has 0 aliphatic carbocycles. The standard InChI is InChI=1S/C22H23N3O4/c1-15(29-17-7-3-2-4-8-17)20(26)24-13-11-16(12-14-24)25-21(27)18-9-5-6-10-19(18)23-22(25)28/h2-10,15-16H,11-14H2,1H3,(H,23,28)/t15-/m0/s1. The van der Waals surface area contributed by atoms with Gasteiger partial charge in [-0.25, -0.2) is 4.79 Å². The Kier molecular flexibility index (Phi) is 5.20. The normalized spacial score (nSPS) is 16.0. The minimum absolute atomic E-state index is 0.0907. The highest BCUT2D eigenvalue weighted by atomic mass is 16.5. The fourth-order valence-electron chi connectivity index (χ4n) is 3.86. The predicted molar refractivity (Wildman–Crippen MR) is 110 cm³/mol. The van der Waals surface area contributed by atoms with Crippen LogP contribution in [0.3, 0.4) is 0 Å². The maximum atomic E-state index is 12.8. The van der Waals surface area contributed by atoms with Gasteiger partial charge in [-0.15, -0.1) is 0 Å². The minimum atomic E-state index is -0.597. The zero-order valence-electron chi connectivity index (χ0n) is 16.2. The Morgan fingerprint density at radius 2 is 1.69 bits per heavy atom. The van der Waals surface area contributed by atoms with Crippen molar-refractivity contribution < 1.29 is 9.53 Å². The van der Waals surface area contributed by atoms with Gasteiger partial charge in [0.2, 0.25) is 0 Å². The van der Waals surface area contributed by atoms with Gasteiger partial charge >= 0.3 is 5.69 Å². The van der Waals surface area contributed by atoms with E-state index in [2.05, 4.69) is 4.98 Å². The van der Waals surface area contributed by atoms with Gasteiger partial charge in [0.15, 0.2) is 6.10 Å². The summed E-state index contributed by atoms with van der Waals surface area (Å²) in [5.74, 6) is 0.560. The number of fused-ring (bicyclic) bond motifs is 1. The molecule has 7 heteroatoms. The van der Waals surface area contributed by atoms with Gasteiger partial charge in [0.25, 0.3) is 11.5 Å². The number of likely N-dealkylation sites (tertiary alicyclic amines) is 1. The highest BCUT2D eigenvalue weighted by Gasteiger charge is 2.29. The number of piperidine rings is 1. The molecule has 2 heterocycles. The van der Waals surface area contributed by atoms with E-state index in [1.54, 1.807) is 36.1 Å². The van der Waals surface area contributed by atoms with E-state index in [0.29, 0.717) is 42.6 Å². The van der Waals surface area contributed by atoms with Crippen LogP contribution in [-0.4, -0.2) is 39.6 Å². The maximum absolute atomic E-state index is 12.8. The molecule has 0 saturated carbocycles. The summed E-state index contributed by atoms with van der Waals surface area (Å²) in [6.45, 7) is 2.69. The molecule has 0 bridgehead atoms. The third kappa shape index (κ3) is 3.81. The zero-order valence-corrected chi connectivity index (χ0v) is 16.2. The van der Waals surface area contributed by atoms with E-state index < -0.39 is 11.8 Å². The summed E-state index contributed by atoms with van der Waals surface area (Å²) in [6.07, 6.45) is 0.497. The van der Waals surface area contributed by atoms with Crippen molar-refractivity contribution >= 4 is 16.8 Å². The number of carbonyl (C=O) groups excluding carboxylic acids is 1. The lowest BCUT2D eigenvalue weighted by atomic mass is 10.0. The van der Waals surface area contributed by atoms with Crippen molar-refractivity contribution in [3.05, 3.63) is 75.4 Å². The second-order valence-electron chi connectivity index (χ2n) is 7.28. The van der Waals surface area contributed by atoms with Gasteiger partial charge in [-0.1, -0.05) is 30.3 Å². The van der Waals surface area contributed by atoms with Gasteiger partial charge in [0, 0.05) is 19.1 Å². The summed E-state index contributed by atoms with van der Waals surface area (Å²) in [4.78, 5) is 42.5. The summed E-state index contributed by atoms with van der Waals surface area (Å²) in [5, 5.41) is 0.496. The fraction of sp³-hybridized carbons (Fsp3) is 0.318. The molecule has 4 rings (SSSR count). The highest BCUT2D eigenvalue weighted by molar-refractivity contribution is 5.81. The van der Waals surface area contributed by atoms with Crippen LogP contribution in [0.2, 0.25) is 0 Å². The van der Waals surface area contributed by atoms with Crippen LogP contribution >= 0.6 is 0 Å². The molecule has 0 radical (unpaired) electrons. The molecule has 29 heavy (non-hydrogen) atoms. The molecule has 1 fully saturated rings. The number of benzene rings is 2. The van der Waals surface area contributed by atoms with Crippen molar-refractivity contribution in [2.45, 2.75) is 31.9 Å². The van der Waals surface area contributed by atoms with Crippen LogP contribution in [0.1, 0.15) is 25.8 Å². The quantitative estimate of drug-likeness (QED) is 0.737. The van der Waals surface area contributed by atoms with Crippen molar-refractivity contribution in [2.24, 2.45) is 0 Å². The van der Waals surface area contributed by atoms with E-state index in [4.69, 9.17) is 4.74 Å². The molecule has 3 aromatic rings. The van der Waals surface area contributed by atoms with E-state index >= 15 is 0 Å². The molecule has 0 spiro atoms. The number of amides is 1. The lowest BCUT2D eigenvalue weighted by Gasteiger charge is -2.33. The average Bonchev–Trinajstić information content (AvgIpc) is 2.74. The Labute approximate surface area is 167 Å². The summed E-state index contributed by atoms with van der Waals surface area (Å²) in [5.41, 5.74) is -0.146. The predicted octanol–water partition coefficient (Wildman–Crippen LogP) is 2.32. The number of ether oxygens (including phenoxy) is 1. The number of nitrogens with one attached hydrogen (secondary N) is 1. The van der Waals surface area contributed by atoms with Crippen molar-refractivity contribution in [3.63, 3.8) is 0 Å². The largest absolute Gasteiger partial charge is 0.481 e. The SMILES string of the molecule is C[C@H](Oc1ccccc1)C(=O)N1CCC(n2c(=O)[nH]c3ccccc3c2=O)CC1. The molecule has 1 aromatic heterocycles. The monoisotopic (exact) mass is 393 g/mol. The first-order valence-electron chi connectivity index (χ1n) is 9.78. The molecule has 2 aromatic carbocycles. The van der Waals surface area contributed by atoms with Crippen LogP contribution in [0.4, 0.5) is 0 Å². The number of carbonyl (C=O) groups is 1. The number of hydrogen-bond acceptors (Lipinski definition) is 4. The molecule has 1 atom stereocenters. The van der Waals surface area contributed by atoms with Crippen LogP contribution in [0.5, 0.6) is 5.75 Å². The van der Waals surface area contributed by atoms with E-state index in [1.807, 2.05) is 30.3 Å². The Morgan fingerprint density at radius 1 is 1.03 bits per heavy atom. The van der Waals surface area contributed by atoms with Crippen molar-refractivity contribution in [3.8, 4) is 5.75 Å². The molecular weight excluding hydrogens is 370 g/mol. The smallest absolute Gasteiger partial charge is 0.329 e. The van der Waals surface area contributed by atoms with E-state index in [0.717, 1.165) is 0 Å². The van der Waals surface area contributed by atoms with Crippen LogP contribution in [0.15, 0.2) is 64.2 Å². The van der Waals surface area contributed by atoms with Gasteiger partial charge in [-0.2, -0.15) is 0 Å². The van der Waals surface area contributed by atoms with E-state index in [-0.39, 0.29) is 17.5 Å². The summed E-state index contributed by atoms with van der Waals surface area (Å²) in [6, 6.07) is 16.0. The van der Waals surface area contributed by atoms with Gasteiger partial charge < -0.3 is 14.6 Å².